The van der Waals surface area contributed by atoms with Crippen molar-refractivity contribution in [2.24, 2.45) is 5.92 Å². The Balaban J connectivity index is 1.44. The predicted octanol–water partition coefficient (Wildman–Crippen LogP) is 3.47. The van der Waals surface area contributed by atoms with E-state index in [2.05, 4.69) is 13.0 Å². The molecule has 0 bridgehead atoms. The first-order chi connectivity index (χ1) is 10.2. The van der Waals surface area contributed by atoms with Crippen LogP contribution in [0.15, 0.2) is 24.3 Å². The molecule has 2 unspecified atom stereocenters. The van der Waals surface area contributed by atoms with Gasteiger partial charge >= 0.3 is 0 Å². The predicted molar refractivity (Wildman–Crippen MR) is 82.6 cm³/mol. The quantitative estimate of drug-likeness (QED) is 0.902. The molecule has 0 radical (unpaired) electrons. The van der Waals surface area contributed by atoms with Crippen LogP contribution in [0.2, 0.25) is 0 Å². The van der Waals surface area contributed by atoms with E-state index in [1.165, 1.54) is 24.8 Å². The van der Waals surface area contributed by atoms with Crippen molar-refractivity contribution in [2.45, 2.75) is 57.2 Å². The maximum atomic E-state index is 10.4. The molecule has 1 N–H and O–H groups in total. The average molecular weight is 290 g/mol. The van der Waals surface area contributed by atoms with Crippen molar-refractivity contribution in [2.75, 3.05) is 13.2 Å². The van der Waals surface area contributed by atoms with E-state index in [-0.39, 0.29) is 11.7 Å². The molecule has 1 saturated carbocycles. The lowest BCUT2D eigenvalue weighted by Crippen LogP contribution is -2.47. The van der Waals surface area contributed by atoms with E-state index in [0.29, 0.717) is 18.9 Å². The van der Waals surface area contributed by atoms with Gasteiger partial charge in [0.25, 0.3) is 0 Å². The monoisotopic (exact) mass is 290 g/mol. The fourth-order valence-corrected chi connectivity index (χ4v) is 3.55. The molecule has 3 nitrogen and oxygen atoms in total. The number of ether oxygens (including phenoxy) is 2. The molecule has 2 aliphatic rings. The molecule has 0 amide bonds. The lowest BCUT2D eigenvalue weighted by molar-refractivity contribution is -0.157. The van der Waals surface area contributed by atoms with Crippen molar-refractivity contribution in [3.05, 3.63) is 29.8 Å². The van der Waals surface area contributed by atoms with Gasteiger partial charge in [0, 0.05) is 13.0 Å². The summed E-state index contributed by atoms with van der Waals surface area (Å²) in [7, 11) is 0. The third-order valence-electron chi connectivity index (χ3n) is 5.01. The molecule has 1 aromatic carbocycles. The highest BCUT2D eigenvalue weighted by atomic mass is 16.5. The second kappa shape index (κ2) is 6.37. The third kappa shape index (κ3) is 3.58. The van der Waals surface area contributed by atoms with E-state index in [1.807, 2.05) is 18.2 Å². The van der Waals surface area contributed by atoms with E-state index in [9.17, 15) is 5.11 Å². The largest absolute Gasteiger partial charge is 0.493 e. The van der Waals surface area contributed by atoms with Gasteiger partial charge in [-0.15, -0.1) is 0 Å². The van der Waals surface area contributed by atoms with Crippen LogP contribution < -0.4 is 4.74 Å². The molecule has 0 aromatic heterocycles. The van der Waals surface area contributed by atoms with Gasteiger partial charge in [0.1, 0.15) is 5.75 Å². The van der Waals surface area contributed by atoms with Gasteiger partial charge in [0.15, 0.2) is 0 Å². The van der Waals surface area contributed by atoms with Crippen LogP contribution in [0.4, 0.5) is 0 Å². The number of aliphatic hydroxyl groups excluding tert-OH is 1. The van der Waals surface area contributed by atoms with Gasteiger partial charge in [-0.05, 0) is 62.6 Å². The van der Waals surface area contributed by atoms with Gasteiger partial charge < -0.3 is 14.6 Å². The smallest absolute Gasteiger partial charge is 0.119 e. The molecule has 2 atom stereocenters. The molecule has 3 heteroatoms. The zero-order chi connectivity index (χ0) is 14.7. The van der Waals surface area contributed by atoms with Crippen LogP contribution >= 0.6 is 0 Å². The highest BCUT2D eigenvalue weighted by Crippen LogP contribution is 2.45. The molecular formula is C18H26O3. The van der Waals surface area contributed by atoms with Crippen molar-refractivity contribution in [3.63, 3.8) is 0 Å². The lowest BCUT2D eigenvalue weighted by Gasteiger charge is -2.48. The molecular weight excluding hydrogens is 264 g/mol. The standard InChI is InChI=1S/C18H26O3/c1-14-4-2-5-16(12-14)20-10-7-17(19)15-6-11-21-18(13-15)8-3-9-18/h2,4-5,12,15,17,19H,3,6-11,13H2,1H3. The number of benzene rings is 1. The first-order valence-electron chi connectivity index (χ1n) is 8.18. The van der Waals surface area contributed by atoms with Crippen molar-refractivity contribution in [1.29, 1.82) is 0 Å². The van der Waals surface area contributed by atoms with E-state index < -0.39 is 0 Å². The second-order valence-electron chi connectivity index (χ2n) is 6.66. The molecule has 21 heavy (non-hydrogen) atoms. The maximum Gasteiger partial charge on any atom is 0.119 e. The summed E-state index contributed by atoms with van der Waals surface area (Å²) in [5.74, 6) is 1.27. The van der Waals surface area contributed by atoms with Gasteiger partial charge in [-0.1, -0.05) is 12.1 Å². The molecule has 2 fully saturated rings. The fourth-order valence-electron chi connectivity index (χ4n) is 3.55. The third-order valence-corrected chi connectivity index (χ3v) is 5.01. The van der Waals surface area contributed by atoms with Crippen LogP contribution in [0.3, 0.4) is 0 Å². The Kier molecular flexibility index (Phi) is 4.51. The highest BCUT2D eigenvalue weighted by molar-refractivity contribution is 5.27. The van der Waals surface area contributed by atoms with Gasteiger partial charge in [0.05, 0.1) is 18.3 Å². The zero-order valence-corrected chi connectivity index (χ0v) is 12.9. The van der Waals surface area contributed by atoms with Crippen LogP contribution in [-0.2, 0) is 4.74 Å². The van der Waals surface area contributed by atoms with Crippen LogP contribution in [0, 0.1) is 12.8 Å². The zero-order valence-electron chi connectivity index (χ0n) is 12.9. The summed E-state index contributed by atoms with van der Waals surface area (Å²) < 4.78 is 11.7. The fraction of sp³-hybridized carbons (Fsp3) is 0.667. The number of hydrogen-bond acceptors (Lipinski definition) is 3. The van der Waals surface area contributed by atoms with Crippen LogP contribution in [0.5, 0.6) is 5.75 Å². The number of aliphatic hydroxyl groups is 1. The van der Waals surface area contributed by atoms with Crippen molar-refractivity contribution in [1.82, 2.24) is 0 Å². The molecule has 116 valence electrons. The van der Waals surface area contributed by atoms with E-state index in [4.69, 9.17) is 9.47 Å². The second-order valence-corrected chi connectivity index (χ2v) is 6.66. The Morgan fingerprint density at radius 1 is 1.43 bits per heavy atom. The highest BCUT2D eigenvalue weighted by Gasteiger charge is 2.43. The van der Waals surface area contributed by atoms with Gasteiger partial charge in [-0.25, -0.2) is 0 Å². The Labute approximate surface area is 127 Å². The van der Waals surface area contributed by atoms with Gasteiger partial charge in [0.2, 0.25) is 0 Å². The Hall–Kier alpha value is -1.06. The van der Waals surface area contributed by atoms with Crippen molar-refractivity contribution >= 4 is 0 Å². The number of aryl methyl sites for hydroxylation is 1. The average Bonchev–Trinajstić information content (AvgIpc) is 2.46. The molecule has 1 spiro atoms. The van der Waals surface area contributed by atoms with Crippen LogP contribution in [-0.4, -0.2) is 30.0 Å². The first-order valence-corrected chi connectivity index (χ1v) is 8.18. The minimum atomic E-state index is -0.267. The minimum Gasteiger partial charge on any atom is -0.493 e. The Bertz CT molecular complexity index is 467. The summed E-state index contributed by atoms with van der Waals surface area (Å²) in [6, 6.07) is 8.06. The van der Waals surface area contributed by atoms with Crippen molar-refractivity contribution < 1.29 is 14.6 Å². The maximum absolute atomic E-state index is 10.4. The van der Waals surface area contributed by atoms with Gasteiger partial charge in [-0.2, -0.15) is 0 Å². The number of hydrogen-bond donors (Lipinski definition) is 1. The van der Waals surface area contributed by atoms with Crippen LogP contribution in [0.25, 0.3) is 0 Å². The van der Waals surface area contributed by atoms with E-state index in [0.717, 1.165) is 25.2 Å². The molecule has 1 aliphatic carbocycles. The summed E-state index contributed by atoms with van der Waals surface area (Å²) >= 11 is 0. The molecule has 3 rings (SSSR count). The molecule has 1 aromatic rings. The van der Waals surface area contributed by atoms with E-state index >= 15 is 0 Å². The molecule has 1 heterocycles. The summed E-state index contributed by atoms with van der Waals surface area (Å²) in [6.45, 7) is 3.44. The Morgan fingerprint density at radius 3 is 3.00 bits per heavy atom. The van der Waals surface area contributed by atoms with Crippen LogP contribution in [0.1, 0.15) is 44.1 Å². The topological polar surface area (TPSA) is 38.7 Å². The minimum absolute atomic E-state index is 0.112. The first kappa shape index (κ1) is 14.9. The molecule has 1 aliphatic heterocycles. The normalized spacial score (nSPS) is 25.3. The summed E-state index contributed by atoms with van der Waals surface area (Å²) in [4.78, 5) is 0. The SMILES string of the molecule is Cc1cccc(OCCC(O)C2CCOC3(CCC3)C2)c1. The summed E-state index contributed by atoms with van der Waals surface area (Å²) in [5, 5.41) is 10.4. The summed E-state index contributed by atoms with van der Waals surface area (Å²) in [5.41, 5.74) is 1.31. The van der Waals surface area contributed by atoms with Gasteiger partial charge in [-0.3, -0.25) is 0 Å². The van der Waals surface area contributed by atoms with Crippen molar-refractivity contribution in [3.8, 4) is 5.75 Å². The lowest BCUT2D eigenvalue weighted by atomic mass is 9.70. The van der Waals surface area contributed by atoms with E-state index in [1.54, 1.807) is 0 Å². The molecule has 1 saturated heterocycles. The Morgan fingerprint density at radius 2 is 2.29 bits per heavy atom. The number of rotatable bonds is 5. The summed E-state index contributed by atoms with van der Waals surface area (Å²) in [6.07, 6.45) is 6.07.